The van der Waals surface area contributed by atoms with Gasteiger partial charge in [-0.05, 0) is 52.9 Å². The Balaban J connectivity index is 1.40. The van der Waals surface area contributed by atoms with Crippen LogP contribution >= 0.6 is 0 Å². The van der Waals surface area contributed by atoms with Crippen LogP contribution in [0, 0.1) is 13.5 Å². The van der Waals surface area contributed by atoms with Crippen LogP contribution in [0.25, 0.3) is 27.4 Å². The fourth-order valence-corrected chi connectivity index (χ4v) is 4.33. The van der Waals surface area contributed by atoms with Crippen LogP contribution < -0.4 is 9.47 Å². The number of benzene rings is 4. The van der Waals surface area contributed by atoms with Crippen molar-refractivity contribution in [3.05, 3.63) is 131 Å². The summed E-state index contributed by atoms with van der Waals surface area (Å²) in [4.78, 5) is 8.02. The standard InChI is InChI=1S/C32H27N3O2/c1-23-26(12-8-14-29(23)25-10-5-4-6-11-25)22-36-28-15-16-30(32-34-17-18-35(32)3)31(20-28)37-21-24-9-7-13-27(19-24)33-2/h4-20H,21-22H2,1,3H3. The topological polar surface area (TPSA) is 40.6 Å². The zero-order valence-electron chi connectivity index (χ0n) is 20.9. The first kappa shape index (κ1) is 23.9. The third-order valence-electron chi connectivity index (χ3n) is 6.37. The van der Waals surface area contributed by atoms with Crippen molar-refractivity contribution >= 4 is 5.69 Å². The molecule has 0 saturated heterocycles. The fourth-order valence-electron chi connectivity index (χ4n) is 4.33. The minimum atomic E-state index is 0.336. The molecule has 4 aromatic carbocycles. The highest BCUT2D eigenvalue weighted by Gasteiger charge is 2.14. The van der Waals surface area contributed by atoms with Gasteiger partial charge in [-0.3, -0.25) is 0 Å². The number of imidazole rings is 1. The van der Waals surface area contributed by atoms with Crippen LogP contribution in [0.3, 0.4) is 0 Å². The second kappa shape index (κ2) is 10.8. The Kier molecular flexibility index (Phi) is 7.00. The summed E-state index contributed by atoms with van der Waals surface area (Å²) in [6.07, 6.45) is 3.68. The molecule has 0 bridgehead atoms. The molecule has 0 saturated carbocycles. The van der Waals surface area contributed by atoms with Crippen LogP contribution in [0.15, 0.2) is 103 Å². The maximum atomic E-state index is 7.27. The predicted octanol–water partition coefficient (Wildman–Crippen LogP) is 7.77. The van der Waals surface area contributed by atoms with E-state index in [1.165, 1.54) is 16.7 Å². The minimum absolute atomic E-state index is 0.336. The molecule has 182 valence electrons. The Hall–Kier alpha value is -4.82. The molecule has 0 aliphatic carbocycles. The van der Waals surface area contributed by atoms with Crippen molar-refractivity contribution in [2.75, 3.05) is 0 Å². The zero-order chi connectivity index (χ0) is 25.6. The van der Waals surface area contributed by atoms with E-state index in [9.17, 15) is 0 Å². The van der Waals surface area contributed by atoms with Gasteiger partial charge in [-0.15, -0.1) is 0 Å². The number of hydrogen-bond donors (Lipinski definition) is 0. The third-order valence-corrected chi connectivity index (χ3v) is 6.37. The van der Waals surface area contributed by atoms with Gasteiger partial charge < -0.3 is 14.0 Å². The average molecular weight is 486 g/mol. The Labute approximate surface area is 217 Å². The van der Waals surface area contributed by atoms with Gasteiger partial charge in [-0.1, -0.05) is 66.7 Å². The van der Waals surface area contributed by atoms with E-state index in [4.69, 9.17) is 16.0 Å². The van der Waals surface area contributed by atoms with Crippen LogP contribution in [0.5, 0.6) is 11.5 Å². The molecule has 0 atom stereocenters. The molecule has 5 aromatic rings. The van der Waals surface area contributed by atoms with Crippen molar-refractivity contribution in [2.24, 2.45) is 7.05 Å². The smallest absolute Gasteiger partial charge is 0.187 e. The highest BCUT2D eigenvalue weighted by Crippen LogP contribution is 2.34. The van der Waals surface area contributed by atoms with Crippen LogP contribution in [-0.2, 0) is 20.3 Å². The van der Waals surface area contributed by atoms with Crippen LogP contribution in [-0.4, -0.2) is 9.55 Å². The molecule has 0 aliphatic rings. The number of aryl methyl sites for hydroxylation is 1. The molecule has 5 nitrogen and oxygen atoms in total. The van der Waals surface area contributed by atoms with E-state index in [0.29, 0.717) is 30.4 Å². The second-order valence-corrected chi connectivity index (χ2v) is 8.83. The maximum absolute atomic E-state index is 7.27. The number of hydrogen-bond acceptors (Lipinski definition) is 3. The van der Waals surface area contributed by atoms with Gasteiger partial charge in [0.2, 0.25) is 0 Å². The van der Waals surface area contributed by atoms with Gasteiger partial charge >= 0.3 is 0 Å². The van der Waals surface area contributed by atoms with Gasteiger partial charge in [0.05, 0.1) is 12.1 Å². The average Bonchev–Trinajstić information content (AvgIpc) is 3.37. The van der Waals surface area contributed by atoms with E-state index in [1.54, 1.807) is 12.3 Å². The Bertz CT molecular complexity index is 1570. The second-order valence-electron chi connectivity index (χ2n) is 8.83. The highest BCUT2D eigenvalue weighted by molar-refractivity contribution is 5.68. The summed E-state index contributed by atoms with van der Waals surface area (Å²) in [6.45, 7) is 10.2. The van der Waals surface area contributed by atoms with E-state index in [2.05, 4.69) is 59.2 Å². The summed E-state index contributed by atoms with van der Waals surface area (Å²) in [5.41, 5.74) is 7.14. The van der Waals surface area contributed by atoms with Gasteiger partial charge in [0, 0.05) is 25.5 Å². The lowest BCUT2D eigenvalue weighted by atomic mass is 9.97. The third kappa shape index (κ3) is 5.39. The molecule has 1 heterocycles. The molecule has 0 radical (unpaired) electrons. The summed E-state index contributed by atoms with van der Waals surface area (Å²) in [6, 6.07) is 30.0. The van der Waals surface area contributed by atoms with Crippen molar-refractivity contribution in [2.45, 2.75) is 20.1 Å². The van der Waals surface area contributed by atoms with Gasteiger partial charge in [-0.2, -0.15) is 0 Å². The molecule has 0 unspecified atom stereocenters. The number of aromatic nitrogens is 2. The van der Waals surface area contributed by atoms with E-state index >= 15 is 0 Å². The molecular weight excluding hydrogens is 458 g/mol. The van der Waals surface area contributed by atoms with Gasteiger partial charge in [0.1, 0.15) is 30.5 Å². The molecule has 5 heteroatoms. The van der Waals surface area contributed by atoms with Crippen molar-refractivity contribution in [3.8, 4) is 34.0 Å². The molecule has 5 rings (SSSR count). The van der Waals surface area contributed by atoms with Crippen LogP contribution in [0.2, 0.25) is 0 Å². The largest absolute Gasteiger partial charge is 0.489 e. The molecular formula is C32H27N3O2. The monoisotopic (exact) mass is 485 g/mol. The molecule has 0 N–H and O–H groups in total. The van der Waals surface area contributed by atoms with E-state index in [0.717, 1.165) is 22.5 Å². The predicted molar refractivity (Wildman–Crippen MR) is 147 cm³/mol. The first-order valence-electron chi connectivity index (χ1n) is 12.1. The first-order valence-corrected chi connectivity index (χ1v) is 12.1. The number of nitrogens with zero attached hydrogens (tertiary/aromatic N) is 3. The SMILES string of the molecule is [C-]#[N+]c1cccc(COc2cc(OCc3cccc(-c4ccccc4)c3C)ccc2-c2nccn2C)c1. The Morgan fingerprint density at radius 3 is 2.46 bits per heavy atom. The molecule has 1 aromatic heterocycles. The summed E-state index contributed by atoms with van der Waals surface area (Å²) in [7, 11) is 1.96. The van der Waals surface area contributed by atoms with E-state index in [-0.39, 0.29) is 0 Å². The molecule has 0 spiro atoms. The zero-order valence-corrected chi connectivity index (χ0v) is 20.9. The lowest BCUT2D eigenvalue weighted by molar-refractivity contribution is 0.290. The van der Waals surface area contributed by atoms with E-state index < -0.39 is 0 Å². The van der Waals surface area contributed by atoms with Crippen molar-refractivity contribution in [1.82, 2.24) is 9.55 Å². The number of ether oxygens (including phenoxy) is 2. The van der Waals surface area contributed by atoms with Crippen LogP contribution in [0.1, 0.15) is 16.7 Å². The normalized spacial score (nSPS) is 10.6. The summed E-state index contributed by atoms with van der Waals surface area (Å²) in [5.74, 6) is 2.20. The van der Waals surface area contributed by atoms with Crippen LogP contribution in [0.4, 0.5) is 5.69 Å². The molecule has 0 aliphatic heterocycles. The van der Waals surface area contributed by atoms with Crippen molar-refractivity contribution < 1.29 is 9.47 Å². The summed E-state index contributed by atoms with van der Waals surface area (Å²) >= 11 is 0. The quantitative estimate of drug-likeness (QED) is 0.211. The first-order chi connectivity index (χ1) is 18.1. The van der Waals surface area contributed by atoms with Gasteiger partial charge in [0.25, 0.3) is 0 Å². The molecule has 0 fully saturated rings. The van der Waals surface area contributed by atoms with Crippen molar-refractivity contribution in [1.29, 1.82) is 0 Å². The molecule has 0 amide bonds. The van der Waals surface area contributed by atoms with Gasteiger partial charge in [-0.25, -0.2) is 9.83 Å². The summed E-state index contributed by atoms with van der Waals surface area (Å²) < 4.78 is 14.5. The number of rotatable bonds is 8. The fraction of sp³-hybridized carbons (Fsp3) is 0.125. The van der Waals surface area contributed by atoms with E-state index in [1.807, 2.05) is 60.3 Å². The maximum Gasteiger partial charge on any atom is 0.187 e. The minimum Gasteiger partial charge on any atom is -0.489 e. The summed E-state index contributed by atoms with van der Waals surface area (Å²) in [5, 5.41) is 0. The highest BCUT2D eigenvalue weighted by atomic mass is 16.5. The molecule has 37 heavy (non-hydrogen) atoms. The lowest BCUT2D eigenvalue weighted by Gasteiger charge is -2.16. The van der Waals surface area contributed by atoms with Gasteiger partial charge in [0.15, 0.2) is 5.69 Å². The Morgan fingerprint density at radius 2 is 1.68 bits per heavy atom. The van der Waals surface area contributed by atoms with Crippen molar-refractivity contribution in [3.63, 3.8) is 0 Å². The Morgan fingerprint density at radius 1 is 0.838 bits per heavy atom. The lowest BCUT2D eigenvalue weighted by Crippen LogP contribution is -2.02.